The fourth-order valence-corrected chi connectivity index (χ4v) is 3.01. The van der Waals surface area contributed by atoms with E-state index in [1.165, 1.54) is 11.8 Å². The van der Waals surface area contributed by atoms with Gasteiger partial charge in [-0.1, -0.05) is 11.8 Å². The molecule has 2 aromatic rings. The molecule has 22 heavy (non-hydrogen) atoms. The maximum absolute atomic E-state index is 12.0. The molecule has 0 fully saturated rings. The molecule has 0 aliphatic heterocycles. The van der Waals surface area contributed by atoms with Crippen LogP contribution in [-0.2, 0) is 4.79 Å². The minimum atomic E-state index is -0.135. The van der Waals surface area contributed by atoms with Gasteiger partial charge in [-0.25, -0.2) is 9.97 Å². The first-order valence-corrected chi connectivity index (χ1v) is 8.49. The Kier molecular flexibility index (Phi) is 5.74. The molecule has 0 spiro atoms. The number of nitrogens with zero attached hydrogens (tertiary/aromatic N) is 3. The van der Waals surface area contributed by atoms with Gasteiger partial charge < -0.3 is 5.32 Å². The minimum absolute atomic E-state index is 0.135. The zero-order chi connectivity index (χ0) is 16.1. The van der Waals surface area contributed by atoms with Gasteiger partial charge in [-0.15, -0.1) is 0 Å². The summed E-state index contributed by atoms with van der Waals surface area (Å²) in [5, 5.41) is 12.5. The second-order valence-corrected chi connectivity index (χ2v) is 6.70. The third-order valence-electron chi connectivity index (χ3n) is 2.75. The summed E-state index contributed by atoms with van der Waals surface area (Å²) >= 11 is 3.45. The van der Waals surface area contributed by atoms with Gasteiger partial charge in [0.05, 0.1) is 11.4 Å². The molecule has 0 bridgehead atoms. The van der Waals surface area contributed by atoms with Gasteiger partial charge in [-0.05, 0) is 60.7 Å². The normalized spacial score (nSPS) is 10.1. The molecule has 0 radical (unpaired) electrons. The van der Waals surface area contributed by atoms with Crippen molar-refractivity contribution in [2.45, 2.75) is 18.9 Å². The van der Waals surface area contributed by atoms with E-state index < -0.39 is 0 Å². The van der Waals surface area contributed by atoms with Crippen molar-refractivity contribution in [1.29, 1.82) is 5.26 Å². The molecule has 0 unspecified atom stereocenters. The van der Waals surface area contributed by atoms with Gasteiger partial charge in [0.15, 0.2) is 0 Å². The van der Waals surface area contributed by atoms with Crippen molar-refractivity contribution in [1.82, 2.24) is 9.97 Å². The van der Waals surface area contributed by atoms with E-state index >= 15 is 0 Å². The van der Waals surface area contributed by atoms with E-state index in [0.29, 0.717) is 22.1 Å². The third kappa shape index (κ3) is 4.42. The molecule has 0 aliphatic carbocycles. The van der Waals surface area contributed by atoms with Crippen molar-refractivity contribution in [2.75, 3.05) is 11.1 Å². The van der Waals surface area contributed by atoms with Crippen LogP contribution in [0.15, 0.2) is 29.3 Å². The summed E-state index contributed by atoms with van der Waals surface area (Å²) in [5.74, 6) is 0.650. The van der Waals surface area contributed by atoms with Crippen LogP contribution in [0, 0.1) is 28.7 Å². The number of thioether (sulfide) groups is 1. The van der Waals surface area contributed by atoms with Crippen LogP contribution in [0.25, 0.3) is 0 Å². The van der Waals surface area contributed by atoms with Crippen LogP contribution in [0.2, 0.25) is 0 Å². The Hall–Kier alpha value is -1.66. The average molecular weight is 424 g/mol. The fourth-order valence-electron chi connectivity index (χ4n) is 1.78. The highest BCUT2D eigenvalue weighted by atomic mass is 127. The van der Waals surface area contributed by atoms with E-state index in [2.05, 4.69) is 43.9 Å². The molecule has 2 rings (SSSR count). The van der Waals surface area contributed by atoms with Crippen LogP contribution in [-0.4, -0.2) is 21.6 Å². The molecule has 1 aromatic carbocycles. The van der Waals surface area contributed by atoms with Crippen LogP contribution in [0.5, 0.6) is 0 Å². The van der Waals surface area contributed by atoms with Crippen molar-refractivity contribution >= 4 is 45.9 Å². The highest BCUT2D eigenvalue weighted by Crippen LogP contribution is 2.22. The molecular weight excluding hydrogens is 411 g/mol. The first-order valence-electron chi connectivity index (χ1n) is 6.43. The number of halogens is 1. The van der Waals surface area contributed by atoms with Gasteiger partial charge in [-0.2, -0.15) is 5.26 Å². The van der Waals surface area contributed by atoms with E-state index in [1.54, 1.807) is 13.8 Å². The van der Waals surface area contributed by atoms with Gasteiger partial charge in [-0.3, -0.25) is 4.79 Å². The third-order valence-corrected chi connectivity index (χ3v) is 4.44. The molecule has 1 amide bonds. The number of hydrogen-bond acceptors (Lipinski definition) is 5. The summed E-state index contributed by atoms with van der Waals surface area (Å²) < 4.78 is 1.11. The standard InChI is InChI=1S/C15H13IN4OS/c1-9-13(7-17)15(19-10(2)18-9)22-8-14(21)20-12-5-3-11(16)4-6-12/h3-6H,8H2,1-2H3,(H,20,21). The SMILES string of the molecule is Cc1nc(C)c(C#N)c(SCC(=O)Nc2ccc(I)cc2)n1. The summed E-state index contributed by atoms with van der Waals surface area (Å²) in [6.07, 6.45) is 0. The van der Waals surface area contributed by atoms with Crippen LogP contribution < -0.4 is 5.32 Å². The highest BCUT2D eigenvalue weighted by Gasteiger charge is 2.12. The molecule has 0 saturated carbocycles. The van der Waals surface area contributed by atoms with E-state index in [0.717, 1.165) is 9.26 Å². The van der Waals surface area contributed by atoms with Gasteiger partial charge in [0.1, 0.15) is 22.5 Å². The number of nitriles is 1. The number of hydrogen-bond donors (Lipinski definition) is 1. The van der Waals surface area contributed by atoms with E-state index in [-0.39, 0.29) is 11.7 Å². The lowest BCUT2D eigenvalue weighted by Crippen LogP contribution is -2.14. The Labute approximate surface area is 146 Å². The molecule has 0 saturated heterocycles. The summed E-state index contributed by atoms with van der Waals surface area (Å²) in [6.45, 7) is 3.53. The Morgan fingerprint density at radius 1 is 1.32 bits per heavy atom. The topological polar surface area (TPSA) is 78.7 Å². The number of anilines is 1. The fraction of sp³-hybridized carbons (Fsp3) is 0.200. The van der Waals surface area contributed by atoms with Gasteiger partial charge in [0.25, 0.3) is 0 Å². The number of aromatic nitrogens is 2. The Morgan fingerprint density at radius 2 is 2.00 bits per heavy atom. The van der Waals surface area contributed by atoms with Crippen molar-refractivity contribution in [3.8, 4) is 6.07 Å². The number of nitrogens with one attached hydrogen (secondary N) is 1. The molecular formula is C15H13IN4OS. The first kappa shape index (κ1) is 16.7. The maximum atomic E-state index is 12.0. The van der Waals surface area contributed by atoms with Crippen molar-refractivity contribution in [3.63, 3.8) is 0 Å². The lowest BCUT2D eigenvalue weighted by atomic mass is 10.3. The molecule has 0 aliphatic rings. The monoisotopic (exact) mass is 424 g/mol. The first-order chi connectivity index (χ1) is 10.5. The number of amides is 1. The minimum Gasteiger partial charge on any atom is -0.325 e. The molecule has 0 atom stereocenters. The number of benzene rings is 1. The molecule has 5 nitrogen and oxygen atoms in total. The molecule has 1 N–H and O–H groups in total. The molecule has 1 aromatic heterocycles. The molecule has 1 heterocycles. The van der Waals surface area contributed by atoms with E-state index in [1.807, 2.05) is 24.3 Å². The lowest BCUT2D eigenvalue weighted by Gasteiger charge is -2.07. The van der Waals surface area contributed by atoms with Crippen LogP contribution >= 0.6 is 34.4 Å². The predicted octanol–water partition coefficient (Wildman–Crippen LogP) is 3.30. The van der Waals surface area contributed by atoms with Gasteiger partial charge in [0, 0.05) is 9.26 Å². The Bertz CT molecular complexity index is 740. The van der Waals surface area contributed by atoms with Crippen LogP contribution in [0.1, 0.15) is 17.1 Å². The quantitative estimate of drug-likeness (QED) is 0.463. The zero-order valence-corrected chi connectivity index (χ0v) is 15.0. The summed E-state index contributed by atoms with van der Waals surface area (Å²) in [5.41, 5.74) is 1.81. The summed E-state index contributed by atoms with van der Waals surface area (Å²) in [6, 6.07) is 9.64. The zero-order valence-electron chi connectivity index (χ0n) is 12.1. The van der Waals surface area contributed by atoms with E-state index in [4.69, 9.17) is 0 Å². The van der Waals surface area contributed by atoms with Crippen molar-refractivity contribution in [3.05, 3.63) is 44.9 Å². The van der Waals surface area contributed by atoms with Gasteiger partial charge >= 0.3 is 0 Å². The van der Waals surface area contributed by atoms with E-state index in [9.17, 15) is 10.1 Å². The summed E-state index contributed by atoms with van der Waals surface area (Å²) in [4.78, 5) is 20.4. The Balaban J connectivity index is 2.02. The Morgan fingerprint density at radius 3 is 2.64 bits per heavy atom. The predicted molar refractivity (Wildman–Crippen MR) is 94.7 cm³/mol. The number of aryl methyl sites for hydroxylation is 2. The van der Waals surface area contributed by atoms with Crippen LogP contribution in [0.3, 0.4) is 0 Å². The van der Waals surface area contributed by atoms with Crippen molar-refractivity contribution < 1.29 is 4.79 Å². The number of carbonyl (C=O) groups is 1. The smallest absolute Gasteiger partial charge is 0.234 e. The maximum Gasteiger partial charge on any atom is 0.234 e. The second-order valence-electron chi connectivity index (χ2n) is 4.49. The second kappa shape index (κ2) is 7.56. The van der Waals surface area contributed by atoms with Gasteiger partial charge in [0.2, 0.25) is 5.91 Å². The highest BCUT2D eigenvalue weighted by molar-refractivity contribution is 14.1. The van der Waals surface area contributed by atoms with Crippen molar-refractivity contribution in [2.24, 2.45) is 0 Å². The molecule has 112 valence electrons. The lowest BCUT2D eigenvalue weighted by molar-refractivity contribution is -0.113. The largest absolute Gasteiger partial charge is 0.325 e. The number of rotatable bonds is 4. The average Bonchev–Trinajstić information content (AvgIpc) is 2.47. The summed E-state index contributed by atoms with van der Waals surface area (Å²) in [7, 11) is 0. The molecule has 7 heteroatoms. The van der Waals surface area contributed by atoms with Crippen LogP contribution in [0.4, 0.5) is 5.69 Å². The number of carbonyl (C=O) groups excluding carboxylic acids is 1.